The zero-order chi connectivity index (χ0) is 14.5. The SMILES string of the molecule is CCCCNC(=O)[C@H]1CC(=O)N(c2ccc(Br)cc2)C1. The zero-order valence-electron chi connectivity index (χ0n) is 11.6. The van der Waals surface area contributed by atoms with Crippen LogP contribution in [0.2, 0.25) is 0 Å². The van der Waals surface area contributed by atoms with Crippen LogP contribution < -0.4 is 10.2 Å². The zero-order valence-corrected chi connectivity index (χ0v) is 13.1. The van der Waals surface area contributed by atoms with Gasteiger partial charge >= 0.3 is 0 Å². The maximum absolute atomic E-state index is 12.0. The molecule has 0 unspecified atom stereocenters. The summed E-state index contributed by atoms with van der Waals surface area (Å²) >= 11 is 3.37. The molecule has 1 aromatic carbocycles. The van der Waals surface area contributed by atoms with Crippen LogP contribution in [-0.4, -0.2) is 24.9 Å². The Morgan fingerprint density at radius 3 is 2.75 bits per heavy atom. The molecule has 4 nitrogen and oxygen atoms in total. The Labute approximate surface area is 127 Å². The molecule has 1 atom stereocenters. The molecule has 20 heavy (non-hydrogen) atoms. The van der Waals surface area contributed by atoms with Gasteiger partial charge in [-0.3, -0.25) is 9.59 Å². The van der Waals surface area contributed by atoms with E-state index < -0.39 is 0 Å². The molecular formula is C15H19BrN2O2. The summed E-state index contributed by atoms with van der Waals surface area (Å²) in [6, 6.07) is 7.58. The third kappa shape index (κ3) is 3.60. The second-order valence-electron chi connectivity index (χ2n) is 5.03. The molecule has 0 bridgehead atoms. The Hall–Kier alpha value is -1.36. The summed E-state index contributed by atoms with van der Waals surface area (Å²) in [7, 11) is 0. The molecule has 1 N–H and O–H groups in total. The molecule has 2 rings (SSSR count). The number of carbonyl (C=O) groups is 2. The van der Waals surface area contributed by atoms with Gasteiger partial charge < -0.3 is 10.2 Å². The van der Waals surface area contributed by atoms with E-state index in [-0.39, 0.29) is 17.7 Å². The third-order valence-electron chi connectivity index (χ3n) is 3.46. The fourth-order valence-electron chi connectivity index (χ4n) is 2.29. The van der Waals surface area contributed by atoms with E-state index in [2.05, 4.69) is 28.2 Å². The van der Waals surface area contributed by atoms with Crippen LogP contribution in [0.1, 0.15) is 26.2 Å². The van der Waals surface area contributed by atoms with E-state index in [1.54, 1.807) is 4.90 Å². The summed E-state index contributed by atoms with van der Waals surface area (Å²) in [5.41, 5.74) is 0.849. The Balaban J connectivity index is 1.96. The Morgan fingerprint density at radius 1 is 1.40 bits per heavy atom. The second-order valence-corrected chi connectivity index (χ2v) is 5.94. The lowest BCUT2D eigenvalue weighted by atomic mass is 10.1. The van der Waals surface area contributed by atoms with Crippen molar-refractivity contribution in [1.29, 1.82) is 0 Å². The molecule has 0 spiro atoms. The fraction of sp³-hybridized carbons (Fsp3) is 0.467. The van der Waals surface area contributed by atoms with Gasteiger partial charge in [-0.25, -0.2) is 0 Å². The van der Waals surface area contributed by atoms with Gasteiger partial charge in [0.05, 0.1) is 5.92 Å². The molecule has 5 heteroatoms. The minimum atomic E-state index is -0.233. The first-order chi connectivity index (χ1) is 9.61. The highest BCUT2D eigenvalue weighted by molar-refractivity contribution is 9.10. The summed E-state index contributed by atoms with van der Waals surface area (Å²) in [6.45, 7) is 3.25. The van der Waals surface area contributed by atoms with E-state index in [0.29, 0.717) is 19.5 Å². The van der Waals surface area contributed by atoms with Crippen molar-refractivity contribution in [2.75, 3.05) is 18.0 Å². The van der Waals surface area contributed by atoms with Crippen LogP contribution in [0.5, 0.6) is 0 Å². The topological polar surface area (TPSA) is 49.4 Å². The number of halogens is 1. The van der Waals surface area contributed by atoms with Crippen LogP contribution in [-0.2, 0) is 9.59 Å². The van der Waals surface area contributed by atoms with Crippen LogP contribution in [0.3, 0.4) is 0 Å². The standard InChI is InChI=1S/C15H19BrN2O2/c1-2-3-8-17-15(20)11-9-14(19)18(10-11)13-6-4-12(16)5-7-13/h4-7,11H,2-3,8-10H2,1H3,(H,17,20)/t11-/m0/s1. The highest BCUT2D eigenvalue weighted by Gasteiger charge is 2.34. The summed E-state index contributed by atoms with van der Waals surface area (Å²) in [6.07, 6.45) is 2.33. The van der Waals surface area contributed by atoms with Crippen LogP contribution in [0, 0.1) is 5.92 Å². The molecule has 0 aromatic heterocycles. The average molecular weight is 339 g/mol. The molecule has 0 saturated carbocycles. The minimum absolute atomic E-state index is 0.00795. The van der Waals surface area contributed by atoms with Gasteiger partial charge in [-0.2, -0.15) is 0 Å². The van der Waals surface area contributed by atoms with Crippen LogP contribution in [0.4, 0.5) is 5.69 Å². The summed E-state index contributed by atoms with van der Waals surface area (Å²) < 4.78 is 0.974. The number of hydrogen-bond acceptors (Lipinski definition) is 2. The van der Waals surface area contributed by atoms with E-state index in [4.69, 9.17) is 0 Å². The van der Waals surface area contributed by atoms with Crippen LogP contribution in [0.25, 0.3) is 0 Å². The highest BCUT2D eigenvalue weighted by atomic mass is 79.9. The van der Waals surface area contributed by atoms with Gasteiger partial charge in [-0.05, 0) is 30.7 Å². The number of rotatable bonds is 5. The molecule has 1 saturated heterocycles. The van der Waals surface area contributed by atoms with E-state index in [9.17, 15) is 9.59 Å². The number of nitrogens with zero attached hydrogens (tertiary/aromatic N) is 1. The molecular weight excluding hydrogens is 320 g/mol. The largest absolute Gasteiger partial charge is 0.356 e. The Bertz CT molecular complexity index is 487. The van der Waals surface area contributed by atoms with Crippen molar-refractivity contribution in [1.82, 2.24) is 5.32 Å². The second kappa shape index (κ2) is 6.88. The maximum atomic E-state index is 12.0. The molecule has 108 valence electrons. The summed E-state index contributed by atoms with van der Waals surface area (Å²) in [5, 5.41) is 2.90. The molecule has 0 aliphatic carbocycles. The first kappa shape index (κ1) is 15.0. The third-order valence-corrected chi connectivity index (χ3v) is 3.99. The van der Waals surface area contributed by atoms with Gasteiger partial charge in [0.2, 0.25) is 11.8 Å². The minimum Gasteiger partial charge on any atom is -0.356 e. The average Bonchev–Trinajstić information content (AvgIpc) is 2.82. The van der Waals surface area contributed by atoms with Gasteiger partial charge in [0, 0.05) is 29.7 Å². The molecule has 1 aliphatic rings. The lowest BCUT2D eigenvalue weighted by molar-refractivity contribution is -0.126. The Morgan fingerprint density at radius 2 is 2.10 bits per heavy atom. The van der Waals surface area contributed by atoms with Gasteiger partial charge in [-0.15, -0.1) is 0 Å². The van der Waals surface area contributed by atoms with Crippen molar-refractivity contribution in [2.45, 2.75) is 26.2 Å². The molecule has 0 radical (unpaired) electrons. The number of unbranched alkanes of at least 4 members (excludes halogenated alkanes) is 1. The summed E-state index contributed by atoms with van der Waals surface area (Å²) in [4.78, 5) is 25.7. The van der Waals surface area contributed by atoms with Gasteiger partial charge in [0.15, 0.2) is 0 Å². The smallest absolute Gasteiger partial charge is 0.227 e. The normalized spacial score (nSPS) is 18.4. The first-order valence-electron chi connectivity index (χ1n) is 6.95. The monoisotopic (exact) mass is 338 g/mol. The lowest BCUT2D eigenvalue weighted by Crippen LogP contribution is -2.33. The van der Waals surface area contributed by atoms with Crippen molar-refractivity contribution in [3.63, 3.8) is 0 Å². The van der Waals surface area contributed by atoms with E-state index in [0.717, 1.165) is 23.0 Å². The molecule has 1 heterocycles. The van der Waals surface area contributed by atoms with Crippen molar-refractivity contribution in [2.24, 2.45) is 5.92 Å². The Kier molecular flexibility index (Phi) is 5.17. The predicted molar refractivity (Wildman–Crippen MR) is 82.5 cm³/mol. The number of anilines is 1. The first-order valence-corrected chi connectivity index (χ1v) is 7.74. The number of nitrogens with one attached hydrogen (secondary N) is 1. The quantitative estimate of drug-likeness (QED) is 0.839. The van der Waals surface area contributed by atoms with Crippen LogP contribution >= 0.6 is 15.9 Å². The number of carbonyl (C=O) groups excluding carboxylic acids is 2. The fourth-order valence-corrected chi connectivity index (χ4v) is 2.55. The van der Waals surface area contributed by atoms with Crippen molar-refractivity contribution < 1.29 is 9.59 Å². The molecule has 1 fully saturated rings. The van der Waals surface area contributed by atoms with Gasteiger partial charge in [0.25, 0.3) is 0 Å². The van der Waals surface area contributed by atoms with Crippen LogP contribution in [0.15, 0.2) is 28.7 Å². The maximum Gasteiger partial charge on any atom is 0.227 e. The van der Waals surface area contributed by atoms with E-state index in [1.807, 2.05) is 24.3 Å². The molecule has 1 aromatic rings. The lowest BCUT2D eigenvalue weighted by Gasteiger charge is -2.16. The number of hydrogen-bond donors (Lipinski definition) is 1. The molecule has 2 amide bonds. The number of benzene rings is 1. The van der Waals surface area contributed by atoms with Crippen molar-refractivity contribution >= 4 is 33.4 Å². The highest BCUT2D eigenvalue weighted by Crippen LogP contribution is 2.26. The van der Waals surface area contributed by atoms with E-state index in [1.165, 1.54) is 0 Å². The van der Waals surface area contributed by atoms with E-state index >= 15 is 0 Å². The predicted octanol–water partition coefficient (Wildman–Crippen LogP) is 2.72. The van der Waals surface area contributed by atoms with Crippen molar-refractivity contribution in [3.8, 4) is 0 Å². The van der Waals surface area contributed by atoms with Crippen molar-refractivity contribution in [3.05, 3.63) is 28.7 Å². The van der Waals surface area contributed by atoms with Gasteiger partial charge in [-0.1, -0.05) is 29.3 Å². The van der Waals surface area contributed by atoms with Gasteiger partial charge in [0.1, 0.15) is 0 Å². The summed E-state index contributed by atoms with van der Waals surface area (Å²) in [5.74, 6) is -0.225. The molecule has 1 aliphatic heterocycles. The number of amides is 2.